The first kappa shape index (κ1) is 13.5. The summed E-state index contributed by atoms with van der Waals surface area (Å²) in [6, 6.07) is 4.85. The van der Waals surface area contributed by atoms with Gasteiger partial charge in [-0.25, -0.2) is 4.68 Å². The second-order valence-corrected chi connectivity index (χ2v) is 4.69. The predicted molar refractivity (Wildman–Crippen MR) is 74.1 cm³/mol. The molecular weight excluding hydrogens is 266 g/mol. The lowest BCUT2D eigenvalue weighted by atomic mass is 10.1. The summed E-state index contributed by atoms with van der Waals surface area (Å²) in [7, 11) is 0. The molecule has 0 aliphatic carbocycles. The average Bonchev–Trinajstić information content (AvgIpc) is 2.63. The summed E-state index contributed by atoms with van der Waals surface area (Å²) in [6.07, 6.45) is 0.839. The average molecular weight is 280 g/mol. The normalized spacial score (nSPS) is 10.7. The largest absolute Gasteiger partial charge is 0.313 e. The number of halogens is 1. The van der Waals surface area contributed by atoms with Crippen molar-refractivity contribution in [1.29, 1.82) is 0 Å². The Morgan fingerprint density at radius 1 is 1.42 bits per heavy atom. The Morgan fingerprint density at radius 2 is 2.11 bits per heavy atom. The summed E-state index contributed by atoms with van der Waals surface area (Å²) in [5.41, 5.74) is 3.18. The Morgan fingerprint density at radius 3 is 2.63 bits per heavy atom. The zero-order valence-corrected chi connectivity index (χ0v) is 11.7. The monoisotopic (exact) mass is 279 g/mol. The third-order valence-corrected chi connectivity index (χ3v) is 3.48. The smallest absolute Gasteiger partial charge is 0.258 e. The lowest BCUT2D eigenvalue weighted by Crippen LogP contribution is -2.04. The van der Waals surface area contributed by atoms with Crippen LogP contribution in [0, 0.1) is 24.0 Å². The van der Waals surface area contributed by atoms with Crippen molar-refractivity contribution in [1.82, 2.24) is 9.78 Å². The standard InChI is InChI=1S/C13H14ClN3O2/c1-4-10-8(2)15-16(9(10)3)12-7-5-6-11(14)13(12)17(18)19/h5-7H,4H2,1-3H3. The molecule has 0 amide bonds. The van der Waals surface area contributed by atoms with Crippen molar-refractivity contribution in [3.05, 3.63) is 50.3 Å². The van der Waals surface area contributed by atoms with Crippen LogP contribution in [0.1, 0.15) is 23.9 Å². The van der Waals surface area contributed by atoms with Crippen LogP contribution in [0.2, 0.25) is 5.02 Å². The topological polar surface area (TPSA) is 61.0 Å². The Labute approximate surface area is 116 Å². The van der Waals surface area contributed by atoms with E-state index in [1.165, 1.54) is 6.07 Å². The molecule has 1 aromatic heterocycles. The van der Waals surface area contributed by atoms with E-state index in [2.05, 4.69) is 5.10 Å². The minimum atomic E-state index is -0.472. The van der Waals surface area contributed by atoms with E-state index in [4.69, 9.17) is 11.6 Å². The molecule has 1 heterocycles. The number of nitrogens with zero attached hydrogens (tertiary/aromatic N) is 3. The molecule has 6 heteroatoms. The summed E-state index contributed by atoms with van der Waals surface area (Å²) in [6.45, 7) is 5.84. The minimum Gasteiger partial charge on any atom is -0.258 e. The lowest BCUT2D eigenvalue weighted by Gasteiger charge is -2.06. The van der Waals surface area contributed by atoms with Gasteiger partial charge < -0.3 is 0 Å². The number of hydrogen-bond donors (Lipinski definition) is 0. The molecule has 0 spiro atoms. The van der Waals surface area contributed by atoms with Crippen molar-refractivity contribution in [3.8, 4) is 5.69 Å². The Balaban J connectivity index is 2.73. The van der Waals surface area contributed by atoms with E-state index in [9.17, 15) is 10.1 Å². The molecule has 0 saturated heterocycles. The van der Waals surface area contributed by atoms with Crippen LogP contribution in [0.4, 0.5) is 5.69 Å². The van der Waals surface area contributed by atoms with Crippen molar-refractivity contribution in [2.24, 2.45) is 0 Å². The molecule has 0 radical (unpaired) electrons. The lowest BCUT2D eigenvalue weighted by molar-refractivity contribution is -0.384. The van der Waals surface area contributed by atoms with Gasteiger partial charge >= 0.3 is 5.69 Å². The van der Waals surface area contributed by atoms with Crippen LogP contribution in [0.15, 0.2) is 18.2 Å². The maximum absolute atomic E-state index is 11.2. The summed E-state index contributed by atoms with van der Waals surface area (Å²) in [4.78, 5) is 10.7. The van der Waals surface area contributed by atoms with Gasteiger partial charge in [0.2, 0.25) is 0 Å². The van der Waals surface area contributed by atoms with Crippen LogP contribution in [0.3, 0.4) is 0 Å². The first-order valence-electron chi connectivity index (χ1n) is 5.95. The highest BCUT2D eigenvalue weighted by atomic mass is 35.5. The zero-order chi connectivity index (χ0) is 14.2. The number of nitro benzene ring substituents is 1. The third kappa shape index (κ3) is 2.21. The van der Waals surface area contributed by atoms with Gasteiger partial charge in [0.1, 0.15) is 10.7 Å². The molecule has 2 aromatic rings. The molecule has 5 nitrogen and oxygen atoms in total. The number of hydrogen-bond acceptors (Lipinski definition) is 3. The summed E-state index contributed by atoms with van der Waals surface area (Å²) >= 11 is 5.92. The Hall–Kier alpha value is -1.88. The molecule has 0 aliphatic rings. The quantitative estimate of drug-likeness (QED) is 0.637. The van der Waals surface area contributed by atoms with Crippen LogP contribution in [0.25, 0.3) is 5.69 Å². The van der Waals surface area contributed by atoms with E-state index in [0.29, 0.717) is 5.69 Å². The summed E-state index contributed by atoms with van der Waals surface area (Å²) in [5, 5.41) is 15.7. The fraction of sp³-hybridized carbons (Fsp3) is 0.308. The van der Waals surface area contributed by atoms with E-state index < -0.39 is 4.92 Å². The van der Waals surface area contributed by atoms with Gasteiger partial charge in [-0.05, 0) is 38.0 Å². The second kappa shape index (κ2) is 5.01. The van der Waals surface area contributed by atoms with E-state index in [1.54, 1.807) is 16.8 Å². The van der Waals surface area contributed by atoms with Gasteiger partial charge in [0, 0.05) is 5.69 Å². The second-order valence-electron chi connectivity index (χ2n) is 4.28. The number of benzene rings is 1. The Kier molecular flexibility index (Phi) is 3.57. The van der Waals surface area contributed by atoms with E-state index >= 15 is 0 Å². The van der Waals surface area contributed by atoms with E-state index in [-0.39, 0.29) is 10.7 Å². The van der Waals surface area contributed by atoms with Crippen LogP contribution in [-0.4, -0.2) is 14.7 Å². The number of para-hydroxylation sites is 1. The highest BCUT2D eigenvalue weighted by Gasteiger charge is 2.22. The van der Waals surface area contributed by atoms with Gasteiger partial charge in [0.15, 0.2) is 0 Å². The Bertz CT molecular complexity index is 650. The predicted octanol–water partition coefficient (Wildman–Crippen LogP) is 3.61. The molecule has 0 saturated carbocycles. The van der Waals surface area contributed by atoms with Crippen molar-refractivity contribution in [3.63, 3.8) is 0 Å². The van der Waals surface area contributed by atoms with Crippen LogP contribution in [-0.2, 0) is 6.42 Å². The molecule has 0 fully saturated rings. The number of aromatic nitrogens is 2. The first-order valence-corrected chi connectivity index (χ1v) is 6.33. The fourth-order valence-electron chi connectivity index (χ4n) is 2.28. The molecule has 19 heavy (non-hydrogen) atoms. The van der Waals surface area contributed by atoms with Gasteiger partial charge in [0.05, 0.1) is 10.6 Å². The SMILES string of the molecule is CCc1c(C)nn(-c2cccc(Cl)c2[N+](=O)[O-])c1C. The van der Waals surface area contributed by atoms with Gasteiger partial charge in [-0.3, -0.25) is 10.1 Å². The minimum absolute atomic E-state index is 0.114. The summed E-state index contributed by atoms with van der Waals surface area (Å²) < 4.78 is 1.60. The van der Waals surface area contributed by atoms with Crippen molar-refractivity contribution in [2.45, 2.75) is 27.2 Å². The molecular formula is C13H14ClN3O2. The van der Waals surface area contributed by atoms with Crippen LogP contribution in [0.5, 0.6) is 0 Å². The van der Waals surface area contributed by atoms with Crippen LogP contribution >= 0.6 is 11.6 Å². The first-order chi connectivity index (χ1) is 8.97. The maximum atomic E-state index is 11.2. The molecule has 0 atom stereocenters. The number of rotatable bonds is 3. The van der Waals surface area contributed by atoms with Crippen molar-refractivity contribution >= 4 is 17.3 Å². The molecule has 0 unspecified atom stereocenters. The highest BCUT2D eigenvalue weighted by Crippen LogP contribution is 2.32. The maximum Gasteiger partial charge on any atom is 0.313 e. The van der Waals surface area contributed by atoms with Gasteiger partial charge in [-0.1, -0.05) is 24.6 Å². The van der Waals surface area contributed by atoms with Gasteiger partial charge in [-0.2, -0.15) is 5.10 Å². The summed E-state index contributed by atoms with van der Waals surface area (Å²) in [5.74, 6) is 0. The van der Waals surface area contributed by atoms with E-state index in [1.807, 2.05) is 20.8 Å². The van der Waals surface area contributed by atoms with Crippen molar-refractivity contribution < 1.29 is 4.92 Å². The van der Waals surface area contributed by atoms with Crippen LogP contribution < -0.4 is 0 Å². The number of aryl methyl sites for hydroxylation is 1. The highest BCUT2D eigenvalue weighted by molar-refractivity contribution is 6.33. The van der Waals surface area contributed by atoms with Gasteiger partial charge in [-0.15, -0.1) is 0 Å². The fourth-order valence-corrected chi connectivity index (χ4v) is 2.52. The third-order valence-electron chi connectivity index (χ3n) is 3.17. The number of nitro groups is 1. The molecule has 100 valence electrons. The molecule has 1 aromatic carbocycles. The molecule has 0 bridgehead atoms. The molecule has 0 N–H and O–H groups in total. The molecule has 0 aliphatic heterocycles. The van der Waals surface area contributed by atoms with E-state index in [0.717, 1.165) is 23.4 Å². The van der Waals surface area contributed by atoms with Crippen molar-refractivity contribution in [2.75, 3.05) is 0 Å². The zero-order valence-electron chi connectivity index (χ0n) is 11.0. The van der Waals surface area contributed by atoms with Gasteiger partial charge in [0.25, 0.3) is 0 Å². The molecule has 2 rings (SSSR count).